The van der Waals surface area contributed by atoms with E-state index in [0.717, 1.165) is 0 Å². The zero-order valence-electron chi connectivity index (χ0n) is 16.7. The van der Waals surface area contributed by atoms with Gasteiger partial charge >= 0.3 is 11.9 Å². The molecule has 3 unspecified atom stereocenters. The van der Waals surface area contributed by atoms with Gasteiger partial charge in [-0.25, -0.2) is 4.79 Å². The van der Waals surface area contributed by atoms with E-state index in [9.17, 15) is 24.0 Å². The van der Waals surface area contributed by atoms with E-state index in [1.165, 1.54) is 0 Å². The molecule has 0 aromatic carbocycles. The van der Waals surface area contributed by atoms with Gasteiger partial charge in [0.05, 0.1) is 12.6 Å². The van der Waals surface area contributed by atoms with Crippen molar-refractivity contribution in [1.82, 2.24) is 16.0 Å². The Morgan fingerprint density at radius 1 is 0.968 bits per heavy atom. The second-order valence-corrected chi connectivity index (χ2v) is 6.77. The smallest absolute Gasteiger partial charge is 0.327 e. The van der Waals surface area contributed by atoms with Gasteiger partial charge in [0.2, 0.25) is 17.7 Å². The minimum Gasteiger partial charge on any atom is -0.481 e. The third kappa shape index (κ3) is 13.0. The summed E-state index contributed by atoms with van der Waals surface area (Å²) in [6.07, 6.45) is -0.0474. The lowest BCUT2D eigenvalue weighted by molar-refractivity contribution is -0.142. The fraction of sp³-hybridized carbons (Fsp3) is 0.625. The Balaban J connectivity index is 4.71. The van der Waals surface area contributed by atoms with Crippen molar-refractivity contribution >= 4 is 48.2 Å². The second-order valence-electron chi connectivity index (χ2n) is 6.41. The summed E-state index contributed by atoms with van der Waals surface area (Å²) in [5, 5.41) is 24.5. The molecule has 3 atom stereocenters. The lowest BCUT2D eigenvalue weighted by Gasteiger charge is -2.20. The van der Waals surface area contributed by atoms with E-state index in [1.54, 1.807) is 0 Å². The summed E-state index contributed by atoms with van der Waals surface area (Å²) < 4.78 is 0. The van der Waals surface area contributed by atoms with Crippen molar-refractivity contribution in [1.29, 1.82) is 0 Å². The predicted octanol–water partition coefficient (Wildman–Crippen LogP) is -3.67. The van der Waals surface area contributed by atoms with Crippen LogP contribution in [0.4, 0.5) is 0 Å². The summed E-state index contributed by atoms with van der Waals surface area (Å²) in [4.78, 5) is 61.8. The lowest BCUT2D eigenvalue weighted by Crippen LogP contribution is -2.54. The first-order valence-electron chi connectivity index (χ1n) is 9.21. The second kappa shape index (κ2) is 14.8. The number of rotatable bonds is 15. The van der Waals surface area contributed by atoms with Gasteiger partial charge in [0, 0.05) is 18.7 Å². The Labute approximate surface area is 183 Å². The minimum atomic E-state index is -1.34. The zero-order valence-corrected chi connectivity index (χ0v) is 17.6. The number of hydrogen-bond acceptors (Lipinski definition) is 8. The van der Waals surface area contributed by atoms with Crippen LogP contribution in [0.1, 0.15) is 25.7 Å². The van der Waals surface area contributed by atoms with Crippen LogP contribution in [-0.2, 0) is 24.0 Å². The lowest BCUT2D eigenvalue weighted by atomic mass is 10.1. The fourth-order valence-corrected chi connectivity index (χ4v) is 2.44. The Hall–Kier alpha value is -3.07. The number of nitrogens with zero attached hydrogens (tertiary/aromatic N) is 1. The van der Waals surface area contributed by atoms with Crippen molar-refractivity contribution in [2.75, 3.05) is 18.8 Å². The first kappa shape index (κ1) is 27.9. The standard InChI is InChI=1S/C16H29N7O7S/c17-8(2-1-5-20-16(18)19)13(27)21-6-11(24)22-9(3-4-12(25)26)14(28)23-10(7-31)15(29)30/h8-10,31H,1-7,17H2,(H,21,27)(H,22,24)(H,23,28)(H,25,26)(H,29,30)(H4,18,19,20). The van der Waals surface area contributed by atoms with Crippen LogP contribution in [0.5, 0.6) is 0 Å². The summed E-state index contributed by atoms with van der Waals surface area (Å²) in [5.41, 5.74) is 16.1. The van der Waals surface area contributed by atoms with E-state index < -0.39 is 60.8 Å². The van der Waals surface area contributed by atoms with Crippen molar-refractivity contribution in [2.45, 2.75) is 43.8 Å². The first-order chi connectivity index (χ1) is 14.5. The third-order valence-electron chi connectivity index (χ3n) is 3.82. The molecule has 0 heterocycles. The van der Waals surface area contributed by atoms with Gasteiger partial charge in [-0.15, -0.1) is 0 Å². The van der Waals surface area contributed by atoms with Gasteiger partial charge in [-0.3, -0.25) is 24.2 Å². The SMILES string of the molecule is NC(N)=NCCCC(N)C(=O)NCC(=O)NC(CCC(=O)O)C(=O)NC(CS)C(=O)O. The molecule has 0 aromatic heterocycles. The third-order valence-corrected chi connectivity index (χ3v) is 4.19. The van der Waals surface area contributed by atoms with E-state index >= 15 is 0 Å². The molecule has 0 spiro atoms. The number of hydrogen-bond donors (Lipinski definition) is 9. The highest BCUT2D eigenvalue weighted by molar-refractivity contribution is 7.80. The van der Waals surface area contributed by atoms with Crippen molar-refractivity contribution in [3.05, 3.63) is 0 Å². The molecule has 31 heavy (non-hydrogen) atoms. The highest BCUT2D eigenvalue weighted by atomic mass is 32.1. The number of nitrogens with two attached hydrogens (primary N) is 3. The van der Waals surface area contributed by atoms with E-state index in [4.69, 9.17) is 27.4 Å². The first-order valence-corrected chi connectivity index (χ1v) is 9.85. The highest BCUT2D eigenvalue weighted by Gasteiger charge is 2.26. The van der Waals surface area contributed by atoms with E-state index in [0.29, 0.717) is 6.42 Å². The number of amides is 3. The van der Waals surface area contributed by atoms with Crippen molar-refractivity contribution in [3.63, 3.8) is 0 Å². The largest absolute Gasteiger partial charge is 0.481 e. The summed E-state index contributed by atoms with van der Waals surface area (Å²) in [6, 6.07) is -3.56. The van der Waals surface area contributed by atoms with Crippen LogP contribution in [0.15, 0.2) is 4.99 Å². The molecule has 0 aliphatic rings. The summed E-state index contributed by atoms with van der Waals surface area (Å²) in [6.45, 7) is -0.236. The average molecular weight is 464 g/mol. The maximum Gasteiger partial charge on any atom is 0.327 e. The Morgan fingerprint density at radius 2 is 1.61 bits per heavy atom. The average Bonchev–Trinajstić information content (AvgIpc) is 2.69. The Bertz CT molecular complexity index is 685. The summed E-state index contributed by atoms with van der Waals surface area (Å²) in [7, 11) is 0. The number of carboxylic acid groups (broad SMARTS) is 2. The molecule has 3 amide bonds. The normalized spacial score (nSPS) is 13.2. The number of carbonyl (C=O) groups excluding carboxylic acids is 3. The van der Waals surface area contributed by atoms with Crippen LogP contribution in [0.3, 0.4) is 0 Å². The minimum absolute atomic E-state index is 0.0831. The van der Waals surface area contributed by atoms with Gasteiger partial charge in [0.25, 0.3) is 0 Å². The number of aliphatic imine (C=N–C) groups is 1. The fourth-order valence-electron chi connectivity index (χ4n) is 2.19. The summed E-state index contributed by atoms with van der Waals surface area (Å²) in [5.74, 6) is -5.14. The van der Waals surface area contributed by atoms with Gasteiger partial charge in [0.1, 0.15) is 12.1 Å². The van der Waals surface area contributed by atoms with E-state index in [1.807, 2.05) is 0 Å². The van der Waals surface area contributed by atoms with Gasteiger partial charge < -0.3 is 43.4 Å². The molecule has 0 radical (unpaired) electrons. The molecule has 0 saturated carbocycles. The molecule has 0 aliphatic heterocycles. The summed E-state index contributed by atoms with van der Waals surface area (Å²) >= 11 is 3.81. The number of carboxylic acids is 2. The van der Waals surface area contributed by atoms with E-state index in [-0.39, 0.29) is 31.1 Å². The van der Waals surface area contributed by atoms with Crippen LogP contribution >= 0.6 is 12.6 Å². The Morgan fingerprint density at radius 3 is 2.13 bits per heavy atom. The Kier molecular flexibility index (Phi) is 13.4. The number of aliphatic carboxylic acids is 2. The molecule has 0 fully saturated rings. The zero-order chi connectivity index (χ0) is 24.0. The van der Waals surface area contributed by atoms with Gasteiger partial charge in [-0.2, -0.15) is 12.6 Å². The van der Waals surface area contributed by atoms with Gasteiger partial charge in [-0.1, -0.05) is 0 Å². The maximum atomic E-state index is 12.3. The number of thiol groups is 1. The van der Waals surface area contributed by atoms with Gasteiger partial charge in [0.15, 0.2) is 5.96 Å². The topological polar surface area (TPSA) is 252 Å². The quantitative estimate of drug-likeness (QED) is 0.0497. The van der Waals surface area contributed by atoms with Crippen molar-refractivity contribution in [3.8, 4) is 0 Å². The van der Waals surface area contributed by atoms with Crippen LogP contribution in [0.2, 0.25) is 0 Å². The van der Waals surface area contributed by atoms with Crippen LogP contribution < -0.4 is 33.2 Å². The van der Waals surface area contributed by atoms with E-state index in [2.05, 4.69) is 33.6 Å². The van der Waals surface area contributed by atoms with Gasteiger partial charge in [-0.05, 0) is 19.3 Å². The monoisotopic (exact) mass is 463 g/mol. The molecular weight excluding hydrogens is 434 g/mol. The number of carbonyl (C=O) groups is 5. The predicted molar refractivity (Wildman–Crippen MR) is 113 cm³/mol. The van der Waals surface area contributed by atoms with Crippen LogP contribution in [0, 0.1) is 0 Å². The molecule has 0 aliphatic carbocycles. The molecule has 14 nitrogen and oxygen atoms in total. The molecule has 11 N–H and O–H groups in total. The molecule has 0 rings (SSSR count). The maximum absolute atomic E-state index is 12.3. The number of nitrogens with one attached hydrogen (secondary N) is 3. The molecule has 0 aromatic rings. The van der Waals surface area contributed by atoms with Crippen LogP contribution in [-0.4, -0.2) is 82.8 Å². The molecular formula is C16H29N7O7S. The molecule has 0 saturated heterocycles. The molecule has 176 valence electrons. The van der Waals surface area contributed by atoms with Crippen molar-refractivity contribution in [2.24, 2.45) is 22.2 Å². The number of guanidine groups is 1. The van der Waals surface area contributed by atoms with Crippen molar-refractivity contribution < 1.29 is 34.2 Å². The highest BCUT2D eigenvalue weighted by Crippen LogP contribution is 2.01. The molecule has 0 bridgehead atoms. The molecule has 15 heteroatoms. The van der Waals surface area contributed by atoms with Crippen LogP contribution in [0.25, 0.3) is 0 Å².